The minimum atomic E-state index is -0.338. The van der Waals surface area contributed by atoms with E-state index in [1.807, 2.05) is 73.6 Å². The summed E-state index contributed by atoms with van der Waals surface area (Å²) in [5.41, 5.74) is 3.33. The molecule has 174 valence electrons. The Bertz CT molecular complexity index is 1260. The maximum absolute atomic E-state index is 13.4. The van der Waals surface area contributed by atoms with Crippen LogP contribution >= 0.6 is 0 Å². The lowest BCUT2D eigenvalue weighted by molar-refractivity contribution is 0.0944. The molecule has 1 aromatic heterocycles. The lowest BCUT2D eigenvalue weighted by atomic mass is 10.2. The summed E-state index contributed by atoms with van der Waals surface area (Å²) in [5.74, 6) is 1.64. The van der Waals surface area contributed by atoms with E-state index < -0.39 is 0 Å². The highest BCUT2D eigenvalue weighted by molar-refractivity contribution is 5.99. The summed E-state index contributed by atoms with van der Waals surface area (Å²) in [5, 5.41) is 7.80. The number of para-hydroxylation sites is 1. The number of rotatable bonds is 8. The Kier molecular flexibility index (Phi) is 6.77. The molecule has 0 amide bonds. The first kappa shape index (κ1) is 22.8. The van der Waals surface area contributed by atoms with Gasteiger partial charge in [0, 0.05) is 31.9 Å². The molecule has 0 aliphatic rings. The van der Waals surface area contributed by atoms with Crippen molar-refractivity contribution in [2.45, 2.75) is 6.54 Å². The lowest BCUT2D eigenvalue weighted by Crippen LogP contribution is -2.18. The Balaban J connectivity index is 1.67. The van der Waals surface area contributed by atoms with Crippen LogP contribution in [0.25, 0.3) is 11.4 Å². The zero-order chi connectivity index (χ0) is 24.1. The highest BCUT2D eigenvalue weighted by Gasteiger charge is 2.21. The third kappa shape index (κ3) is 4.85. The number of methoxy groups -OCH3 is 2. The molecular formula is C26H27N5O3. The molecule has 0 aliphatic carbocycles. The van der Waals surface area contributed by atoms with Crippen molar-refractivity contribution >= 4 is 17.5 Å². The molecule has 0 saturated carbocycles. The highest BCUT2D eigenvalue weighted by Crippen LogP contribution is 2.24. The number of anilines is 2. The van der Waals surface area contributed by atoms with E-state index in [0.29, 0.717) is 29.6 Å². The molecule has 0 radical (unpaired) electrons. The third-order valence-electron chi connectivity index (χ3n) is 5.39. The SMILES string of the molecule is COc1ccc(-c2nc(NCc3ccc(N(C)C)cc3)n(C(=O)c3ccccc3OC)n2)cc1. The van der Waals surface area contributed by atoms with Crippen LogP contribution in [0.15, 0.2) is 72.8 Å². The van der Waals surface area contributed by atoms with Crippen LogP contribution in [-0.2, 0) is 6.54 Å². The topological polar surface area (TPSA) is 81.5 Å². The number of nitrogens with one attached hydrogen (secondary N) is 1. The molecule has 8 heteroatoms. The summed E-state index contributed by atoms with van der Waals surface area (Å²) in [6, 6.07) is 22.6. The van der Waals surface area contributed by atoms with Gasteiger partial charge < -0.3 is 19.7 Å². The van der Waals surface area contributed by atoms with Crippen molar-refractivity contribution in [1.82, 2.24) is 14.8 Å². The van der Waals surface area contributed by atoms with Gasteiger partial charge in [-0.1, -0.05) is 24.3 Å². The normalized spacial score (nSPS) is 10.6. The molecule has 0 aliphatic heterocycles. The molecule has 0 spiro atoms. The molecule has 8 nitrogen and oxygen atoms in total. The van der Waals surface area contributed by atoms with E-state index >= 15 is 0 Å². The van der Waals surface area contributed by atoms with Crippen LogP contribution in [0.1, 0.15) is 15.9 Å². The number of nitrogens with zero attached hydrogens (tertiary/aromatic N) is 4. The maximum Gasteiger partial charge on any atom is 0.285 e. The quantitative estimate of drug-likeness (QED) is 0.422. The van der Waals surface area contributed by atoms with E-state index in [4.69, 9.17) is 9.47 Å². The largest absolute Gasteiger partial charge is 0.497 e. The zero-order valence-electron chi connectivity index (χ0n) is 19.6. The van der Waals surface area contributed by atoms with Crippen molar-refractivity contribution in [1.29, 1.82) is 0 Å². The highest BCUT2D eigenvalue weighted by atomic mass is 16.5. The van der Waals surface area contributed by atoms with Gasteiger partial charge in [-0.15, -0.1) is 5.10 Å². The predicted octanol–water partition coefficient (Wildman–Crippen LogP) is 4.33. The molecule has 34 heavy (non-hydrogen) atoms. The van der Waals surface area contributed by atoms with Gasteiger partial charge in [0.2, 0.25) is 5.95 Å². The van der Waals surface area contributed by atoms with Crippen LogP contribution in [0.3, 0.4) is 0 Å². The number of ether oxygens (including phenoxy) is 2. The van der Waals surface area contributed by atoms with Gasteiger partial charge in [-0.05, 0) is 54.1 Å². The predicted molar refractivity (Wildman–Crippen MR) is 133 cm³/mol. The van der Waals surface area contributed by atoms with Gasteiger partial charge in [-0.3, -0.25) is 4.79 Å². The van der Waals surface area contributed by atoms with Crippen molar-refractivity contribution in [3.05, 3.63) is 83.9 Å². The fraction of sp³-hybridized carbons (Fsp3) is 0.192. The van der Waals surface area contributed by atoms with Crippen LogP contribution < -0.4 is 19.7 Å². The first-order valence-electron chi connectivity index (χ1n) is 10.8. The van der Waals surface area contributed by atoms with Crippen LogP contribution in [0, 0.1) is 0 Å². The number of aromatic nitrogens is 3. The molecule has 0 atom stereocenters. The third-order valence-corrected chi connectivity index (χ3v) is 5.39. The molecule has 0 fully saturated rings. The summed E-state index contributed by atoms with van der Waals surface area (Å²) in [6.07, 6.45) is 0. The monoisotopic (exact) mass is 457 g/mol. The summed E-state index contributed by atoms with van der Waals surface area (Å²) >= 11 is 0. The standard InChI is InChI=1S/C26H27N5O3/c1-30(2)20-13-9-18(10-14-20)17-27-26-28-24(19-11-15-21(33-3)16-12-19)29-31(26)25(32)22-7-5-6-8-23(22)34-4/h5-16H,17H2,1-4H3,(H,27,28,29). The fourth-order valence-corrected chi connectivity index (χ4v) is 3.46. The van der Waals surface area contributed by atoms with Gasteiger partial charge in [0.15, 0.2) is 5.82 Å². The number of carbonyl (C=O) groups excluding carboxylic acids is 1. The molecule has 1 heterocycles. The van der Waals surface area contributed by atoms with E-state index in [0.717, 1.165) is 22.6 Å². The van der Waals surface area contributed by atoms with Crippen LogP contribution in [0.2, 0.25) is 0 Å². The molecule has 0 unspecified atom stereocenters. The van der Waals surface area contributed by atoms with E-state index in [1.165, 1.54) is 11.8 Å². The molecule has 3 aromatic carbocycles. The number of hydrogen-bond donors (Lipinski definition) is 1. The molecule has 0 saturated heterocycles. The summed E-state index contributed by atoms with van der Waals surface area (Å²) in [4.78, 5) is 20.1. The van der Waals surface area contributed by atoms with Crippen LogP contribution in [0.4, 0.5) is 11.6 Å². The summed E-state index contributed by atoms with van der Waals surface area (Å²) in [6.45, 7) is 0.480. The number of carbonyl (C=O) groups is 1. The molecular weight excluding hydrogens is 430 g/mol. The van der Waals surface area contributed by atoms with Gasteiger partial charge >= 0.3 is 0 Å². The van der Waals surface area contributed by atoms with E-state index in [9.17, 15) is 4.79 Å². The van der Waals surface area contributed by atoms with Crippen LogP contribution in [-0.4, -0.2) is 49.0 Å². The smallest absolute Gasteiger partial charge is 0.285 e. The first-order chi connectivity index (χ1) is 16.5. The Labute approximate surface area is 198 Å². The van der Waals surface area contributed by atoms with Crippen molar-refractivity contribution in [3.63, 3.8) is 0 Å². The van der Waals surface area contributed by atoms with E-state index in [1.54, 1.807) is 25.3 Å². The summed E-state index contributed by atoms with van der Waals surface area (Å²) in [7, 11) is 7.15. The second-order valence-corrected chi connectivity index (χ2v) is 7.82. The van der Waals surface area contributed by atoms with Gasteiger partial charge in [-0.25, -0.2) is 0 Å². The van der Waals surface area contributed by atoms with Crippen molar-refractivity contribution in [2.24, 2.45) is 0 Å². The average molecular weight is 458 g/mol. The van der Waals surface area contributed by atoms with Gasteiger partial charge in [0.25, 0.3) is 5.91 Å². The zero-order valence-corrected chi connectivity index (χ0v) is 19.6. The number of benzene rings is 3. The summed E-state index contributed by atoms with van der Waals surface area (Å²) < 4.78 is 11.9. The second kappa shape index (κ2) is 10.1. The lowest BCUT2D eigenvalue weighted by Gasteiger charge is -2.13. The Morgan fingerprint density at radius 3 is 2.29 bits per heavy atom. The number of hydrogen-bond acceptors (Lipinski definition) is 7. The van der Waals surface area contributed by atoms with Gasteiger partial charge in [-0.2, -0.15) is 9.67 Å². The first-order valence-corrected chi connectivity index (χ1v) is 10.8. The maximum atomic E-state index is 13.4. The van der Waals surface area contributed by atoms with E-state index in [2.05, 4.69) is 15.4 Å². The molecule has 4 aromatic rings. The Morgan fingerprint density at radius 2 is 1.65 bits per heavy atom. The van der Waals surface area contributed by atoms with Crippen molar-refractivity contribution < 1.29 is 14.3 Å². The van der Waals surface area contributed by atoms with Gasteiger partial charge in [0.1, 0.15) is 11.5 Å². The Morgan fingerprint density at radius 1 is 0.941 bits per heavy atom. The molecule has 1 N–H and O–H groups in total. The van der Waals surface area contributed by atoms with Crippen molar-refractivity contribution in [3.8, 4) is 22.9 Å². The minimum Gasteiger partial charge on any atom is -0.497 e. The minimum absolute atomic E-state index is 0.338. The molecule has 0 bridgehead atoms. The van der Waals surface area contributed by atoms with E-state index in [-0.39, 0.29) is 5.91 Å². The molecule has 4 rings (SSSR count). The second-order valence-electron chi connectivity index (χ2n) is 7.82. The van der Waals surface area contributed by atoms with Crippen LogP contribution in [0.5, 0.6) is 11.5 Å². The van der Waals surface area contributed by atoms with Crippen molar-refractivity contribution in [2.75, 3.05) is 38.5 Å². The fourth-order valence-electron chi connectivity index (χ4n) is 3.46. The average Bonchev–Trinajstić information content (AvgIpc) is 3.31. The van der Waals surface area contributed by atoms with Gasteiger partial charge in [0.05, 0.1) is 19.8 Å². The Hall–Kier alpha value is -4.33.